The molecule has 1 heterocycles. The lowest BCUT2D eigenvalue weighted by molar-refractivity contribution is 0.0795. The fourth-order valence-electron chi connectivity index (χ4n) is 4.15. The average Bonchev–Trinajstić information content (AvgIpc) is 2.69. The summed E-state index contributed by atoms with van der Waals surface area (Å²) in [5.74, 6) is 1.31. The lowest BCUT2D eigenvalue weighted by Gasteiger charge is -2.43. The monoisotopic (exact) mass is 375 g/mol. The Bertz CT molecular complexity index is 870. The van der Waals surface area contributed by atoms with E-state index in [-0.39, 0.29) is 11.1 Å². The van der Waals surface area contributed by atoms with Gasteiger partial charge in [-0.05, 0) is 33.0 Å². The number of fused-ring (bicyclic) bond motifs is 1. The predicted octanol–water partition coefficient (Wildman–Crippen LogP) is 2.69. The number of methoxy groups -OCH3 is 3. The summed E-state index contributed by atoms with van der Waals surface area (Å²) in [6.45, 7) is 0.623. The van der Waals surface area contributed by atoms with Crippen molar-refractivity contribution in [2.75, 3.05) is 35.4 Å². The molecule has 27 heavy (non-hydrogen) atoms. The van der Waals surface area contributed by atoms with Crippen LogP contribution in [0.2, 0.25) is 0 Å². The molecule has 2 aromatic rings. The van der Waals surface area contributed by atoms with Gasteiger partial charge in [0.2, 0.25) is 5.75 Å². The minimum atomic E-state index is -0.0916. The Labute approximate surface area is 159 Å². The van der Waals surface area contributed by atoms with Crippen LogP contribution in [0.25, 0.3) is 10.9 Å². The van der Waals surface area contributed by atoms with Gasteiger partial charge in [0.25, 0.3) is 5.56 Å². The zero-order valence-corrected chi connectivity index (χ0v) is 16.9. The Morgan fingerprint density at radius 3 is 2.30 bits per heavy atom. The first-order chi connectivity index (χ1) is 13.0. The maximum absolute atomic E-state index is 13.3. The van der Waals surface area contributed by atoms with Crippen LogP contribution in [0, 0.1) is 0 Å². The molecule has 1 aromatic carbocycles. The summed E-state index contributed by atoms with van der Waals surface area (Å²) < 4.78 is 18.0. The molecule has 1 aliphatic carbocycles. The van der Waals surface area contributed by atoms with E-state index in [1.807, 2.05) is 0 Å². The van der Waals surface area contributed by atoms with Crippen LogP contribution in [-0.4, -0.2) is 55.4 Å². The summed E-state index contributed by atoms with van der Waals surface area (Å²) in [7, 11) is 8.81. The lowest BCUT2D eigenvalue weighted by Crippen LogP contribution is -2.50. The summed E-state index contributed by atoms with van der Waals surface area (Å²) in [5, 5.41) is 0.469. The molecule has 0 aliphatic heterocycles. The number of aromatic nitrogens is 2. The fourth-order valence-corrected chi connectivity index (χ4v) is 4.15. The van der Waals surface area contributed by atoms with Crippen molar-refractivity contribution in [3.8, 4) is 17.2 Å². The number of benzene rings is 1. The highest BCUT2D eigenvalue weighted by Crippen LogP contribution is 2.41. The summed E-state index contributed by atoms with van der Waals surface area (Å²) in [5.41, 5.74) is 0.378. The van der Waals surface area contributed by atoms with Crippen LogP contribution < -0.4 is 19.8 Å². The van der Waals surface area contributed by atoms with E-state index >= 15 is 0 Å². The predicted molar refractivity (Wildman–Crippen MR) is 105 cm³/mol. The molecule has 148 valence electrons. The van der Waals surface area contributed by atoms with E-state index in [0.717, 1.165) is 12.8 Å². The van der Waals surface area contributed by atoms with Gasteiger partial charge in [0.15, 0.2) is 11.5 Å². The maximum atomic E-state index is 13.3. The standard InChI is InChI=1S/C20H29N3O4/c1-22(2)20(9-7-6-8-10-20)12-23-13-21-16-14(19(23)24)11-15(25-3)17(26-4)18(16)27-5/h11,13H,6-10,12H2,1-5H3. The zero-order chi connectivity index (χ0) is 19.6. The Balaban J connectivity index is 2.13. The highest BCUT2D eigenvalue weighted by Gasteiger charge is 2.35. The lowest BCUT2D eigenvalue weighted by atomic mass is 9.80. The molecule has 1 aliphatic rings. The molecule has 7 nitrogen and oxygen atoms in total. The first-order valence-corrected chi connectivity index (χ1v) is 9.33. The molecular formula is C20H29N3O4. The third kappa shape index (κ3) is 3.36. The Hall–Kier alpha value is -2.28. The second-order valence-corrected chi connectivity index (χ2v) is 7.40. The van der Waals surface area contributed by atoms with Crippen molar-refractivity contribution in [1.29, 1.82) is 0 Å². The van der Waals surface area contributed by atoms with Gasteiger partial charge < -0.3 is 19.1 Å². The van der Waals surface area contributed by atoms with Gasteiger partial charge in [-0.3, -0.25) is 9.36 Å². The van der Waals surface area contributed by atoms with Gasteiger partial charge in [0.1, 0.15) is 5.52 Å². The molecule has 7 heteroatoms. The number of hydrogen-bond donors (Lipinski definition) is 0. The number of likely N-dealkylation sites (N-methyl/N-ethyl adjacent to an activating group) is 1. The maximum Gasteiger partial charge on any atom is 0.261 e. The number of ether oxygens (including phenoxy) is 3. The molecule has 0 N–H and O–H groups in total. The topological polar surface area (TPSA) is 65.8 Å². The molecule has 0 amide bonds. The molecule has 1 fully saturated rings. The van der Waals surface area contributed by atoms with Crippen molar-refractivity contribution in [3.63, 3.8) is 0 Å². The fraction of sp³-hybridized carbons (Fsp3) is 0.600. The molecule has 3 rings (SSSR count). The molecule has 0 bridgehead atoms. The van der Waals surface area contributed by atoms with Crippen molar-refractivity contribution in [2.45, 2.75) is 44.2 Å². The quantitative estimate of drug-likeness (QED) is 0.773. The normalized spacial score (nSPS) is 16.5. The number of nitrogens with zero attached hydrogens (tertiary/aromatic N) is 3. The Kier molecular flexibility index (Phi) is 5.60. The van der Waals surface area contributed by atoms with Gasteiger partial charge in [-0.2, -0.15) is 0 Å². The molecule has 1 aromatic heterocycles. The van der Waals surface area contributed by atoms with Crippen LogP contribution in [0.5, 0.6) is 17.2 Å². The van der Waals surface area contributed by atoms with E-state index in [1.165, 1.54) is 33.5 Å². The molecule has 1 saturated carbocycles. The van der Waals surface area contributed by atoms with E-state index in [1.54, 1.807) is 24.1 Å². The van der Waals surface area contributed by atoms with E-state index < -0.39 is 0 Å². The van der Waals surface area contributed by atoms with Gasteiger partial charge in [0, 0.05) is 12.1 Å². The number of hydrogen-bond acceptors (Lipinski definition) is 6. The van der Waals surface area contributed by atoms with Gasteiger partial charge in [-0.25, -0.2) is 4.98 Å². The van der Waals surface area contributed by atoms with Crippen molar-refractivity contribution >= 4 is 10.9 Å². The smallest absolute Gasteiger partial charge is 0.261 e. The van der Waals surface area contributed by atoms with Crippen molar-refractivity contribution in [3.05, 3.63) is 22.7 Å². The minimum Gasteiger partial charge on any atom is -0.493 e. The van der Waals surface area contributed by atoms with E-state index in [2.05, 4.69) is 24.0 Å². The largest absolute Gasteiger partial charge is 0.493 e. The zero-order valence-electron chi connectivity index (χ0n) is 16.9. The van der Waals surface area contributed by atoms with Crippen LogP contribution >= 0.6 is 0 Å². The van der Waals surface area contributed by atoms with E-state index in [9.17, 15) is 4.79 Å². The molecular weight excluding hydrogens is 346 g/mol. The van der Waals surface area contributed by atoms with E-state index in [0.29, 0.717) is 34.7 Å². The average molecular weight is 375 g/mol. The summed E-state index contributed by atoms with van der Waals surface area (Å²) in [6, 6.07) is 1.69. The van der Waals surface area contributed by atoms with Crippen LogP contribution in [0.1, 0.15) is 32.1 Å². The molecule has 0 spiro atoms. The highest BCUT2D eigenvalue weighted by molar-refractivity contribution is 5.89. The minimum absolute atomic E-state index is 0.0158. The second kappa shape index (κ2) is 7.76. The van der Waals surface area contributed by atoms with Crippen molar-refractivity contribution in [1.82, 2.24) is 14.5 Å². The van der Waals surface area contributed by atoms with Crippen LogP contribution in [0.3, 0.4) is 0 Å². The summed E-state index contributed by atoms with van der Waals surface area (Å²) in [4.78, 5) is 20.1. The molecule has 0 radical (unpaired) electrons. The van der Waals surface area contributed by atoms with Gasteiger partial charge in [-0.15, -0.1) is 0 Å². The highest BCUT2D eigenvalue weighted by atomic mass is 16.5. The van der Waals surface area contributed by atoms with Crippen molar-refractivity contribution < 1.29 is 14.2 Å². The molecule has 0 saturated heterocycles. The third-order valence-corrected chi connectivity index (χ3v) is 5.82. The third-order valence-electron chi connectivity index (χ3n) is 5.82. The van der Waals surface area contributed by atoms with Crippen LogP contribution in [0.15, 0.2) is 17.2 Å². The number of rotatable bonds is 6. The Morgan fingerprint density at radius 2 is 1.74 bits per heavy atom. The molecule has 0 unspecified atom stereocenters. The molecule has 0 atom stereocenters. The van der Waals surface area contributed by atoms with Gasteiger partial charge >= 0.3 is 0 Å². The SMILES string of the molecule is COc1cc2c(=O)n(CC3(N(C)C)CCCCC3)cnc2c(OC)c1OC. The first-order valence-electron chi connectivity index (χ1n) is 9.33. The van der Waals surface area contributed by atoms with Crippen molar-refractivity contribution in [2.24, 2.45) is 0 Å². The first kappa shape index (κ1) is 19.5. The van der Waals surface area contributed by atoms with Crippen LogP contribution in [-0.2, 0) is 6.54 Å². The second-order valence-electron chi connectivity index (χ2n) is 7.40. The Morgan fingerprint density at radius 1 is 1.07 bits per heavy atom. The van der Waals surface area contributed by atoms with Crippen LogP contribution in [0.4, 0.5) is 0 Å². The summed E-state index contributed by atoms with van der Waals surface area (Å²) in [6.07, 6.45) is 7.42. The van der Waals surface area contributed by atoms with Gasteiger partial charge in [-0.1, -0.05) is 19.3 Å². The van der Waals surface area contributed by atoms with Gasteiger partial charge in [0.05, 0.1) is 33.0 Å². The summed E-state index contributed by atoms with van der Waals surface area (Å²) >= 11 is 0. The van der Waals surface area contributed by atoms with E-state index in [4.69, 9.17) is 14.2 Å².